The third-order valence-corrected chi connectivity index (χ3v) is 6.81. The van der Waals surface area contributed by atoms with Crippen LogP contribution in [0.4, 0.5) is 24.5 Å². The van der Waals surface area contributed by atoms with Gasteiger partial charge in [0.2, 0.25) is 0 Å². The van der Waals surface area contributed by atoms with E-state index in [0.717, 1.165) is 62.0 Å². The molecular formula is C29H31F3N4O2. The molecule has 1 aliphatic rings. The van der Waals surface area contributed by atoms with Gasteiger partial charge in [0.05, 0.1) is 18.2 Å². The second kappa shape index (κ2) is 12.2. The summed E-state index contributed by atoms with van der Waals surface area (Å²) in [5, 5.41) is 5.77. The third kappa shape index (κ3) is 7.43. The molecule has 4 N–H and O–H groups in total. The van der Waals surface area contributed by atoms with Gasteiger partial charge in [-0.3, -0.25) is 14.5 Å². The molecule has 3 aromatic rings. The Morgan fingerprint density at radius 1 is 0.921 bits per heavy atom. The molecule has 3 aromatic carbocycles. The topological polar surface area (TPSA) is 87.5 Å². The zero-order valence-electron chi connectivity index (χ0n) is 20.9. The number of ketones is 1. The molecule has 38 heavy (non-hydrogen) atoms. The number of anilines is 2. The first-order valence-corrected chi connectivity index (χ1v) is 12.6. The van der Waals surface area contributed by atoms with Gasteiger partial charge in [-0.1, -0.05) is 36.4 Å². The van der Waals surface area contributed by atoms with E-state index < -0.39 is 23.7 Å². The number of Topliss-reactive ketones (excluding diaryl/α,β-unsaturated/α-hetero) is 1. The van der Waals surface area contributed by atoms with Gasteiger partial charge in [-0.15, -0.1) is 0 Å². The predicted molar refractivity (Wildman–Crippen MR) is 141 cm³/mol. The average Bonchev–Trinajstić information content (AvgIpc) is 2.93. The van der Waals surface area contributed by atoms with Crippen molar-refractivity contribution >= 4 is 23.1 Å². The first-order valence-electron chi connectivity index (χ1n) is 12.6. The zero-order chi connectivity index (χ0) is 27.1. The van der Waals surface area contributed by atoms with Crippen LogP contribution in [0, 0.1) is 5.92 Å². The number of nitrogens with two attached hydrogens (primary N) is 1. The number of amides is 1. The van der Waals surface area contributed by atoms with Crippen LogP contribution in [0.1, 0.15) is 34.3 Å². The molecule has 0 bridgehead atoms. The number of nitrogens with zero attached hydrogens (tertiary/aromatic N) is 1. The molecule has 1 heterocycles. The van der Waals surface area contributed by atoms with Crippen molar-refractivity contribution in [1.82, 2.24) is 10.2 Å². The number of rotatable bonds is 9. The van der Waals surface area contributed by atoms with Crippen molar-refractivity contribution in [2.24, 2.45) is 11.7 Å². The summed E-state index contributed by atoms with van der Waals surface area (Å²) in [4.78, 5) is 27.2. The summed E-state index contributed by atoms with van der Waals surface area (Å²) in [6.45, 7) is 2.08. The Morgan fingerprint density at radius 2 is 1.58 bits per heavy atom. The quantitative estimate of drug-likeness (QED) is 0.367. The molecule has 0 saturated carbocycles. The number of hydrogen-bond acceptors (Lipinski definition) is 5. The SMILES string of the molecule is NC(C(=O)CNC(=O)c1cccc(C(F)(F)F)c1)C1CCN(Cc2ccc(Nc3ccccc3)cc2)CC1. The number of piperidine rings is 1. The van der Waals surface area contributed by atoms with Crippen molar-refractivity contribution in [3.8, 4) is 0 Å². The standard InChI is InChI=1S/C29H31F3N4O2/c30-29(31,32)23-6-4-5-22(17-23)28(38)34-18-26(37)27(33)21-13-15-36(16-14-21)19-20-9-11-25(12-10-20)35-24-7-2-1-3-8-24/h1-12,17,21,27,35H,13-16,18-19,33H2,(H,34,38). The molecule has 9 heteroatoms. The number of carbonyl (C=O) groups is 2. The van der Waals surface area contributed by atoms with Crippen LogP contribution in [0.15, 0.2) is 78.9 Å². The van der Waals surface area contributed by atoms with E-state index in [0.29, 0.717) is 0 Å². The minimum absolute atomic E-state index is 0.0124. The first-order chi connectivity index (χ1) is 18.2. The van der Waals surface area contributed by atoms with Crippen LogP contribution in [0.2, 0.25) is 0 Å². The summed E-state index contributed by atoms with van der Waals surface area (Å²) < 4.78 is 38.7. The molecule has 4 rings (SSSR count). The summed E-state index contributed by atoms with van der Waals surface area (Å²) in [6, 6.07) is 21.6. The van der Waals surface area contributed by atoms with Crippen molar-refractivity contribution in [3.05, 3.63) is 95.6 Å². The number of benzene rings is 3. The second-order valence-electron chi connectivity index (χ2n) is 9.55. The highest BCUT2D eigenvalue weighted by atomic mass is 19.4. The molecule has 0 radical (unpaired) electrons. The summed E-state index contributed by atoms with van der Waals surface area (Å²) in [5.41, 5.74) is 8.37. The molecule has 200 valence electrons. The number of alkyl halides is 3. The lowest BCUT2D eigenvalue weighted by Gasteiger charge is -2.34. The Balaban J connectivity index is 1.21. The van der Waals surface area contributed by atoms with Gasteiger partial charge >= 0.3 is 6.18 Å². The normalized spacial score (nSPS) is 15.6. The van der Waals surface area contributed by atoms with Gasteiger partial charge in [-0.25, -0.2) is 0 Å². The van der Waals surface area contributed by atoms with Crippen LogP contribution in [0.25, 0.3) is 0 Å². The van der Waals surface area contributed by atoms with Crippen LogP contribution in [0.3, 0.4) is 0 Å². The molecule has 1 atom stereocenters. The Labute approximate surface area is 220 Å². The largest absolute Gasteiger partial charge is 0.416 e. The molecule has 1 aliphatic heterocycles. The predicted octanol–water partition coefficient (Wildman–Crippen LogP) is 4.99. The van der Waals surface area contributed by atoms with Crippen LogP contribution in [0.5, 0.6) is 0 Å². The minimum Gasteiger partial charge on any atom is -0.356 e. The number of carbonyl (C=O) groups excluding carboxylic acids is 2. The Bertz CT molecular complexity index is 1220. The number of nitrogens with one attached hydrogen (secondary N) is 2. The second-order valence-corrected chi connectivity index (χ2v) is 9.55. The fraction of sp³-hybridized carbons (Fsp3) is 0.310. The summed E-state index contributed by atoms with van der Waals surface area (Å²) in [5.74, 6) is -1.08. The van der Waals surface area contributed by atoms with Crippen molar-refractivity contribution in [1.29, 1.82) is 0 Å². The van der Waals surface area contributed by atoms with E-state index in [-0.39, 0.29) is 23.8 Å². The third-order valence-electron chi connectivity index (χ3n) is 6.81. The lowest BCUT2D eigenvalue weighted by Crippen LogP contribution is -2.47. The molecule has 1 fully saturated rings. The van der Waals surface area contributed by atoms with E-state index in [1.165, 1.54) is 11.6 Å². The van der Waals surface area contributed by atoms with Gasteiger partial charge in [0.15, 0.2) is 5.78 Å². The van der Waals surface area contributed by atoms with E-state index in [9.17, 15) is 22.8 Å². The number of halogens is 3. The zero-order valence-corrected chi connectivity index (χ0v) is 20.9. The molecule has 6 nitrogen and oxygen atoms in total. The maximum absolute atomic E-state index is 12.9. The van der Waals surface area contributed by atoms with Crippen LogP contribution in [-0.2, 0) is 17.5 Å². The van der Waals surface area contributed by atoms with Crippen molar-refractivity contribution in [2.75, 3.05) is 25.0 Å². The average molecular weight is 525 g/mol. The maximum atomic E-state index is 12.9. The lowest BCUT2D eigenvalue weighted by molar-refractivity contribution is -0.137. The fourth-order valence-corrected chi connectivity index (χ4v) is 4.60. The van der Waals surface area contributed by atoms with E-state index in [4.69, 9.17) is 5.73 Å². The molecule has 0 aromatic heterocycles. The molecule has 1 saturated heterocycles. The van der Waals surface area contributed by atoms with E-state index in [1.807, 2.05) is 30.3 Å². The van der Waals surface area contributed by atoms with Gasteiger partial charge in [0.1, 0.15) is 0 Å². The highest BCUT2D eigenvalue weighted by Gasteiger charge is 2.31. The molecular weight excluding hydrogens is 493 g/mol. The van der Waals surface area contributed by atoms with Crippen LogP contribution < -0.4 is 16.4 Å². The molecule has 0 aliphatic carbocycles. The Morgan fingerprint density at radius 3 is 2.24 bits per heavy atom. The molecule has 1 unspecified atom stereocenters. The van der Waals surface area contributed by atoms with Crippen LogP contribution >= 0.6 is 0 Å². The van der Waals surface area contributed by atoms with Crippen molar-refractivity contribution in [2.45, 2.75) is 31.6 Å². The van der Waals surface area contributed by atoms with Gasteiger partial charge < -0.3 is 16.4 Å². The monoisotopic (exact) mass is 524 g/mol. The Hall–Kier alpha value is -3.69. The number of para-hydroxylation sites is 1. The highest BCUT2D eigenvalue weighted by molar-refractivity contribution is 5.97. The maximum Gasteiger partial charge on any atom is 0.416 e. The summed E-state index contributed by atoms with van der Waals surface area (Å²) in [6.07, 6.45) is -3.05. The van der Waals surface area contributed by atoms with Crippen molar-refractivity contribution in [3.63, 3.8) is 0 Å². The van der Waals surface area contributed by atoms with Crippen LogP contribution in [-0.4, -0.2) is 42.3 Å². The molecule has 0 spiro atoms. The van der Waals surface area contributed by atoms with E-state index in [2.05, 4.69) is 39.8 Å². The smallest absolute Gasteiger partial charge is 0.356 e. The number of likely N-dealkylation sites (tertiary alicyclic amines) is 1. The fourth-order valence-electron chi connectivity index (χ4n) is 4.60. The number of hydrogen-bond donors (Lipinski definition) is 3. The van der Waals surface area contributed by atoms with Gasteiger partial charge in [0.25, 0.3) is 5.91 Å². The lowest BCUT2D eigenvalue weighted by atomic mass is 9.87. The minimum atomic E-state index is -4.55. The summed E-state index contributed by atoms with van der Waals surface area (Å²) in [7, 11) is 0. The molecule has 1 amide bonds. The van der Waals surface area contributed by atoms with Gasteiger partial charge in [-0.2, -0.15) is 13.2 Å². The van der Waals surface area contributed by atoms with E-state index >= 15 is 0 Å². The summed E-state index contributed by atoms with van der Waals surface area (Å²) >= 11 is 0. The van der Waals surface area contributed by atoms with E-state index in [1.54, 1.807) is 0 Å². The van der Waals surface area contributed by atoms with Crippen molar-refractivity contribution < 1.29 is 22.8 Å². The highest BCUT2D eigenvalue weighted by Crippen LogP contribution is 2.29. The Kier molecular flexibility index (Phi) is 8.81. The first kappa shape index (κ1) is 27.3. The van der Waals surface area contributed by atoms with Gasteiger partial charge in [-0.05, 0) is 79.9 Å². The van der Waals surface area contributed by atoms with Gasteiger partial charge in [0, 0.05) is 23.5 Å².